The Morgan fingerprint density at radius 3 is 2.62 bits per heavy atom. The smallest absolute Gasteiger partial charge is 0.129 e. The standard InChI is InChI=1S/C20H23N5O/c1-13-11-25(12-14(2)26-13)20-5-3-4-17(24-20)18-7-6-15-10-22-16(9-21)8-19(15)23-18/h3-8,10,13-14H,9,11-12,21H2,1-2H3. The highest BCUT2D eigenvalue weighted by Gasteiger charge is 2.23. The van der Waals surface area contributed by atoms with Gasteiger partial charge in [0.2, 0.25) is 0 Å². The SMILES string of the molecule is CC1CN(c2cccc(-c3ccc4cnc(CN)cc4n3)n2)CC(C)O1. The van der Waals surface area contributed by atoms with Crippen LogP contribution in [0, 0.1) is 0 Å². The van der Waals surface area contributed by atoms with Crippen LogP contribution in [-0.4, -0.2) is 40.2 Å². The monoisotopic (exact) mass is 349 g/mol. The number of pyridine rings is 3. The number of morpholine rings is 1. The fourth-order valence-electron chi connectivity index (χ4n) is 3.42. The van der Waals surface area contributed by atoms with E-state index in [1.54, 1.807) is 0 Å². The van der Waals surface area contributed by atoms with Crippen molar-refractivity contribution in [2.75, 3.05) is 18.0 Å². The Kier molecular flexibility index (Phi) is 4.53. The maximum Gasteiger partial charge on any atom is 0.129 e. The van der Waals surface area contributed by atoms with E-state index in [-0.39, 0.29) is 12.2 Å². The van der Waals surface area contributed by atoms with Gasteiger partial charge < -0.3 is 15.4 Å². The maximum atomic E-state index is 5.82. The molecule has 6 nitrogen and oxygen atoms in total. The Balaban J connectivity index is 1.68. The Morgan fingerprint density at radius 2 is 1.85 bits per heavy atom. The topological polar surface area (TPSA) is 77.2 Å². The van der Waals surface area contributed by atoms with Gasteiger partial charge in [0.25, 0.3) is 0 Å². The van der Waals surface area contributed by atoms with Gasteiger partial charge in [0.15, 0.2) is 0 Å². The number of fused-ring (bicyclic) bond motifs is 1. The minimum Gasteiger partial charge on any atom is -0.372 e. The zero-order chi connectivity index (χ0) is 18.1. The summed E-state index contributed by atoms with van der Waals surface area (Å²) < 4.78 is 5.82. The van der Waals surface area contributed by atoms with Gasteiger partial charge >= 0.3 is 0 Å². The summed E-state index contributed by atoms with van der Waals surface area (Å²) in [4.78, 5) is 16.2. The quantitative estimate of drug-likeness (QED) is 0.783. The summed E-state index contributed by atoms with van der Waals surface area (Å²) in [6, 6.07) is 12.0. The highest BCUT2D eigenvalue weighted by Crippen LogP contribution is 2.24. The summed E-state index contributed by atoms with van der Waals surface area (Å²) in [5, 5.41) is 0.998. The lowest BCUT2D eigenvalue weighted by Gasteiger charge is -2.36. The summed E-state index contributed by atoms with van der Waals surface area (Å²) in [5.74, 6) is 0.962. The van der Waals surface area contributed by atoms with Gasteiger partial charge in [-0.3, -0.25) is 4.98 Å². The molecule has 4 rings (SSSR count). The van der Waals surface area contributed by atoms with Crippen LogP contribution in [-0.2, 0) is 11.3 Å². The Hall–Kier alpha value is -2.57. The second-order valence-corrected chi connectivity index (χ2v) is 6.81. The largest absolute Gasteiger partial charge is 0.372 e. The first-order chi connectivity index (χ1) is 12.6. The van der Waals surface area contributed by atoms with Crippen molar-refractivity contribution in [1.29, 1.82) is 0 Å². The first-order valence-electron chi connectivity index (χ1n) is 8.96. The molecule has 0 aromatic carbocycles. The fraction of sp³-hybridized carbons (Fsp3) is 0.350. The van der Waals surface area contributed by atoms with E-state index in [1.807, 2.05) is 42.6 Å². The summed E-state index contributed by atoms with van der Waals surface area (Å²) in [7, 11) is 0. The molecule has 26 heavy (non-hydrogen) atoms. The molecule has 3 aromatic rings. The molecule has 0 aliphatic carbocycles. The van der Waals surface area contributed by atoms with E-state index in [4.69, 9.17) is 20.4 Å². The Morgan fingerprint density at radius 1 is 1.08 bits per heavy atom. The van der Waals surface area contributed by atoms with Gasteiger partial charge in [0.1, 0.15) is 5.82 Å². The van der Waals surface area contributed by atoms with Crippen LogP contribution in [0.3, 0.4) is 0 Å². The average Bonchev–Trinajstić information content (AvgIpc) is 2.66. The number of hydrogen-bond acceptors (Lipinski definition) is 6. The first-order valence-corrected chi connectivity index (χ1v) is 8.96. The van der Waals surface area contributed by atoms with Crippen molar-refractivity contribution >= 4 is 16.7 Å². The van der Waals surface area contributed by atoms with E-state index in [0.29, 0.717) is 6.54 Å². The van der Waals surface area contributed by atoms with Crippen LogP contribution in [0.25, 0.3) is 22.3 Å². The third-order valence-electron chi connectivity index (χ3n) is 4.58. The predicted octanol–water partition coefficient (Wildman–Crippen LogP) is 2.76. The van der Waals surface area contributed by atoms with Crippen LogP contribution in [0.2, 0.25) is 0 Å². The third-order valence-corrected chi connectivity index (χ3v) is 4.58. The van der Waals surface area contributed by atoms with Crippen molar-refractivity contribution in [2.24, 2.45) is 5.73 Å². The summed E-state index contributed by atoms with van der Waals surface area (Å²) in [6.45, 7) is 6.29. The van der Waals surface area contributed by atoms with Crippen molar-refractivity contribution in [1.82, 2.24) is 15.0 Å². The van der Waals surface area contributed by atoms with Gasteiger partial charge in [0.05, 0.1) is 34.8 Å². The Bertz CT molecular complexity index is 919. The third kappa shape index (κ3) is 3.38. The molecular formula is C20H23N5O. The van der Waals surface area contributed by atoms with Crippen molar-refractivity contribution in [2.45, 2.75) is 32.6 Å². The molecule has 3 aromatic heterocycles. The van der Waals surface area contributed by atoms with Gasteiger partial charge in [-0.1, -0.05) is 6.07 Å². The van der Waals surface area contributed by atoms with E-state index >= 15 is 0 Å². The molecule has 2 atom stereocenters. The van der Waals surface area contributed by atoms with Crippen LogP contribution in [0.1, 0.15) is 19.5 Å². The predicted molar refractivity (Wildman–Crippen MR) is 103 cm³/mol. The first kappa shape index (κ1) is 16.9. The summed E-state index contributed by atoms with van der Waals surface area (Å²) in [6.07, 6.45) is 2.21. The molecule has 1 aliphatic heterocycles. The van der Waals surface area contributed by atoms with Crippen molar-refractivity contribution in [3.63, 3.8) is 0 Å². The number of nitrogens with zero attached hydrogens (tertiary/aromatic N) is 4. The molecule has 0 radical (unpaired) electrons. The number of nitrogens with two attached hydrogens (primary N) is 1. The molecule has 134 valence electrons. The number of ether oxygens (including phenoxy) is 1. The Labute approximate surface area is 153 Å². The molecule has 1 saturated heterocycles. The molecule has 0 bridgehead atoms. The van der Waals surface area contributed by atoms with Crippen molar-refractivity contribution in [3.05, 3.63) is 48.3 Å². The number of rotatable bonds is 3. The number of aromatic nitrogens is 3. The lowest BCUT2D eigenvalue weighted by molar-refractivity contribution is -0.00545. The molecule has 6 heteroatoms. The van der Waals surface area contributed by atoms with Crippen LogP contribution in [0.4, 0.5) is 5.82 Å². The maximum absolute atomic E-state index is 5.82. The molecule has 0 spiro atoms. The van der Waals surface area contributed by atoms with E-state index in [0.717, 1.165) is 46.9 Å². The van der Waals surface area contributed by atoms with Crippen LogP contribution >= 0.6 is 0 Å². The lowest BCUT2D eigenvalue weighted by Crippen LogP contribution is -2.45. The normalized spacial score (nSPS) is 20.5. The average molecular weight is 349 g/mol. The van der Waals surface area contributed by atoms with E-state index < -0.39 is 0 Å². The second-order valence-electron chi connectivity index (χ2n) is 6.81. The molecular weight excluding hydrogens is 326 g/mol. The number of anilines is 1. The molecule has 0 amide bonds. The molecule has 2 N–H and O–H groups in total. The molecule has 2 unspecified atom stereocenters. The van der Waals surface area contributed by atoms with Crippen molar-refractivity contribution < 1.29 is 4.74 Å². The lowest BCUT2D eigenvalue weighted by atomic mass is 10.2. The molecule has 1 fully saturated rings. The van der Waals surface area contributed by atoms with Gasteiger partial charge in [0, 0.05) is 31.2 Å². The van der Waals surface area contributed by atoms with E-state index in [2.05, 4.69) is 23.7 Å². The van der Waals surface area contributed by atoms with E-state index in [9.17, 15) is 0 Å². The van der Waals surface area contributed by atoms with Gasteiger partial charge in [-0.15, -0.1) is 0 Å². The van der Waals surface area contributed by atoms with Gasteiger partial charge in [-0.25, -0.2) is 9.97 Å². The second kappa shape index (κ2) is 6.97. The zero-order valence-electron chi connectivity index (χ0n) is 15.1. The van der Waals surface area contributed by atoms with Crippen LogP contribution in [0.5, 0.6) is 0 Å². The fourth-order valence-corrected chi connectivity index (χ4v) is 3.42. The van der Waals surface area contributed by atoms with Crippen LogP contribution < -0.4 is 10.6 Å². The summed E-state index contributed by atoms with van der Waals surface area (Å²) in [5.41, 5.74) is 9.13. The number of hydrogen-bond donors (Lipinski definition) is 1. The highest BCUT2D eigenvalue weighted by molar-refractivity contribution is 5.80. The molecule has 1 aliphatic rings. The molecule has 0 saturated carbocycles. The van der Waals surface area contributed by atoms with E-state index in [1.165, 1.54) is 0 Å². The minimum atomic E-state index is 0.199. The summed E-state index contributed by atoms with van der Waals surface area (Å²) >= 11 is 0. The van der Waals surface area contributed by atoms with Crippen LogP contribution in [0.15, 0.2) is 42.6 Å². The molecule has 4 heterocycles. The highest BCUT2D eigenvalue weighted by atomic mass is 16.5. The zero-order valence-corrected chi connectivity index (χ0v) is 15.1. The van der Waals surface area contributed by atoms with Crippen molar-refractivity contribution in [3.8, 4) is 11.4 Å². The minimum absolute atomic E-state index is 0.199. The van der Waals surface area contributed by atoms with Gasteiger partial charge in [-0.2, -0.15) is 0 Å². The van der Waals surface area contributed by atoms with Gasteiger partial charge in [-0.05, 0) is 44.2 Å².